The zero-order valence-corrected chi connectivity index (χ0v) is 23.3. The van der Waals surface area contributed by atoms with Crippen LogP contribution in [-0.2, 0) is 26.2 Å². The summed E-state index contributed by atoms with van der Waals surface area (Å²) in [5.41, 5.74) is 1.98. The Morgan fingerprint density at radius 2 is 1.72 bits per heavy atom. The quantitative estimate of drug-likeness (QED) is 0.439. The summed E-state index contributed by atoms with van der Waals surface area (Å²) in [5.74, 6) is 0.201. The van der Waals surface area contributed by atoms with Crippen molar-refractivity contribution in [2.75, 3.05) is 24.2 Å². The minimum Gasteiger partial charge on any atom is -0.497 e. The Labute approximate surface area is 219 Å². The Kier molecular flexibility index (Phi) is 10.6. The fourth-order valence-corrected chi connectivity index (χ4v) is 4.95. The normalized spacial score (nSPS) is 12.2. The minimum absolute atomic E-state index is 0.0675. The lowest BCUT2D eigenvalue weighted by Gasteiger charge is -2.30. The molecule has 2 rings (SSSR count). The number of amides is 2. The summed E-state index contributed by atoms with van der Waals surface area (Å²) < 4.78 is 31.5. The second-order valence-corrected chi connectivity index (χ2v) is 11.3. The summed E-state index contributed by atoms with van der Waals surface area (Å²) in [7, 11) is -2.02. The summed E-state index contributed by atoms with van der Waals surface area (Å²) >= 11 is 6.20. The number of ether oxygens (including phenoxy) is 1. The highest BCUT2D eigenvalue weighted by atomic mass is 35.5. The van der Waals surface area contributed by atoms with Gasteiger partial charge in [-0.05, 0) is 69.5 Å². The van der Waals surface area contributed by atoms with E-state index in [1.807, 2.05) is 26.0 Å². The number of methoxy groups -OCH3 is 1. The van der Waals surface area contributed by atoms with Gasteiger partial charge in [0, 0.05) is 30.6 Å². The highest BCUT2D eigenvalue weighted by Gasteiger charge is 2.27. The molecule has 2 aromatic rings. The molecule has 0 aliphatic carbocycles. The van der Waals surface area contributed by atoms with Gasteiger partial charge in [-0.25, -0.2) is 8.42 Å². The standard InChI is InChI=1S/C26H36ClN3O5S/c1-18(2)28-26(32)20(4)29(17-21-12-14-22(35-5)15-13-21)25(31)11-8-16-30(36(6,33)34)24-10-7-9-23(27)19(24)3/h7,9-10,12-15,18,20H,8,11,16-17H2,1-6H3,(H,28,32)/t20-/m1/s1. The molecule has 1 N–H and O–H groups in total. The van der Waals surface area contributed by atoms with Crippen LogP contribution in [0.3, 0.4) is 0 Å². The van der Waals surface area contributed by atoms with E-state index in [-0.39, 0.29) is 43.8 Å². The number of carbonyl (C=O) groups excluding carboxylic acids is 2. The average Bonchev–Trinajstić information content (AvgIpc) is 2.81. The predicted octanol–water partition coefficient (Wildman–Crippen LogP) is 4.15. The van der Waals surface area contributed by atoms with Crippen LogP contribution in [0.1, 0.15) is 44.7 Å². The number of hydrogen-bond donors (Lipinski definition) is 1. The largest absolute Gasteiger partial charge is 0.497 e. The number of halogens is 1. The maximum atomic E-state index is 13.3. The Hall–Kier alpha value is -2.78. The van der Waals surface area contributed by atoms with Crippen LogP contribution in [0.15, 0.2) is 42.5 Å². The van der Waals surface area contributed by atoms with E-state index in [2.05, 4.69) is 5.32 Å². The van der Waals surface area contributed by atoms with Gasteiger partial charge in [-0.2, -0.15) is 0 Å². The summed E-state index contributed by atoms with van der Waals surface area (Å²) in [5, 5.41) is 3.32. The van der Waals surface area contributed by atoms with E-state index < -0.39 is 16.1 Å². The monoisotopic (exact) mass is 537 g/mol. The van der Waals surface area contributed by atoms with Gasteiger partial charge in [0.2, 0.25) is 21.8 Å². The third-order valence-electron chi connectivity index (χ3n) is 5.77. The van der Waals surface area contributed by atoms with Gasteiger partial charge >= 0.3 is 0 Å². The molecular formula is C26H36ClN3O5S. The third kappa shape index (κ3) is 8.13. The molecule has 0 spiro atoms. The smallest absolute Gasteiger partial charge is 0.242 e. The number of rotatable bonds is 12. The molecule has 0 aromatic heterocycles. The topological polar surface area (TPSA) is 96.0 Å². The second kappa shape index (κ2) is 13.0. The molecule has 0 radical (unpaired) electrons. The SMILES string of the molecule is COc1ccc(CN(C(=O)CCCN(c2cccc(Cl)c2C)S(C)(=O)=O)[C@H](C)C(=O)NC(C)C)cc1. The maximum absolute atomic E-state index is 13.3. The number of sulfonamides is 1. The highest BCUT2D eigenvalue weighted by molar-refractivity contribution is 7.92. The van der Waals surface area contributed by atoms with E-state index in [1.165, 1.54) is 9.21 Å². The van der Waals surface area contributed by atoms with Crippen LogP contribution in [-0.4, -0.2) is 57.1 Å². The summed E-state index contributed by atoms with van der Waals surface area (Å²) in [4.78, 5) is 27.6. The second-order valence-electron chi connectivity index (χ2n) is 9.03. The first-order valence-corrected chi connectivity index (χ1v) is 14.0. The third-order valence-corrected chi connectivity index (χ3v) is 7.36. The summed E-state index contributed by atoms with van der Waals surface area (Å²) in [6.45, 7) is 7.51. The lowest BCUT2D eigenvalue weighted by Crippen LogP contribution is -2.49. The average molecular weight is 538 g/mol. The van der Waals surface area contributed by atoms with Crippen molar-refractivity contribution in [1.82, 2.24) is 10.2 Å². The molecule has 0 saturated heterocycles. The van der Waals surface area contributed by atoms with Crippen LogP contribution in [0, 0.1) is 6.92 Å². The van der Waals surface area contributed by atoms with Gasteiger partial charge in [0.25, 0.3) is 0 Å². The van der Waals surface area contributed by atoms with Crippen molar-refractivity contribution >= 4 is 39.1 Å². The Bertz CT molecular complexity index is 1150. The molecular weight excluding hydrogens is 502 g/mol. The fraction of sp³-hybridized carbons (Fsp3) is 0.462. The van der Waals surface area contributed by atoms with E-state index in [4.69, 9.17) is 16.3 Å². The van der Waals surface area contributed by atoms with E-state index in [0.717, 1.165) is 11.8 Å². The van der Waals surface area contributed by atoms with Crippen LogP contribution < -0.4 is 14.4 Å². The van der Waals surface area contributed by atoms with Crippen molar-refractivity contribution in [2.45, 2.75) is 59.2 Å². The maximum Gasteiger partial charge on any atom is 0.242 e. The molecule has 0 aliphatic heterocycles. The molecule has 10 heteroatoms. The van der Waals surface area contributed by atoms with Crippen molar-refractivity contribution in [2.24, 2.45) is 0 Å². The van der Waals surface area contributed by atoms with Crippen molar-refractivity contribution < 1.29 is 22.7 Å². The van der Waals surface area contributed by atoms with Gasteiger partial charge in [0.05, 0.1) is 19.1 Å². The van der Waals surface area contributed by atoms with E-state index in [1.54, 1.807) is 51.3 Å². The Morgan fingerprint density at radius 1 is 1.08 bits per heavy atom. The van der Waals surface area contributed by atoms with Crippen molar-refractivity contribution in [3.63, 3.8) is 0 Å². The van der Waals surface area contributed by atoms with Gasteiger partial charge in [-0.3, -0.25) is 13.9 Å². The Balaban J connectivity index is 2.20. The zero-order chi connectivity index (χ0) is 27.0. The van der Waals surface area contributed by atoms with Gasteiger partial charge in [0.1, 0.15) is 11.8 Å². The zero-order valence-electron chi connectivity index (χ0n) is 21.7. The van der Waals surface area contributed by atoms with Crippen molar-refractivity contribution in [3.8, 4) is 5.75 Å². The van der Waals surface area contributed by atoms with Gasteiger partial charge in [0.15, 0.2) is 0 Å². The number of benzene rings is 2. The number of nitrogens with zero attached hydrogens (tertiary/aromatic N) is 2. The minimum atomic E-state index is -3.60. The van der Waals surface area contributed by atoms with Crippen LogP contribution >= 0.6 is 11.6 Å². The van der Waals surface area contributed by atoms with E-state index in [0.29, 0.717) is 22.0 Å². The lowest BCUT2D eigenvalue weighted by atomic mass is 10.1. The molecule has 0 heterocycles. The molecule has 2 amide bonds. The number of carbonyl (C=O) groups is 2. The van der Waals surface area contributed by atoms with Gasteiger partial charge in [-0.1, -0.05) is 29.8 Å². The number of hydrogen-bond acceptors (Lipinski definition) is 5. The number of anilines is 1. The summed E-state index contributed by atoms with van der Waals surface area (Å²) in [6, 6.07) is 11.6. The van der Waals surface area contributed by atoms with E-state index >= 15 is 0 Å². The van der Waals surface area contributed by atoms with Crippen LogP contribution in [0.2, 0.25) is 5.02 Å². The van der Waals surface area contributed by atoms with Crippen molar-refractivity contribution in [3.05, 3.63) is 58.6 Å². The Morgan fingerprint density at radius 3 is 2.28 bits per heavy atom. The first-order chi connectivity index (χ1) is 16.8. The van der Waals surface area contributed by atoms with Crippen LogP contribution in [0.5, 0.6) is 5.75 Å². The first kappa shape index (κ1) is 29.5. The predicted molar refractivity (Wildman–Crippen MR) is 144 cm³/mol. The molecule has 0 fully saturated rings. The molecule has 8 nitrogen and oxygen atoms in total. The molecule has 198 valence electrons. The summed E-state index contributed by atoms with van der Waals surface area (Å²) in [6.07, 6.45) is 1.47. The van der Waals surface area contributed by atoms with E-state index in [9.17, 15) is 18.0 Å². The molecule has 0 saturated carbocycles. The van der Waals surface area contributed by atoms with Crippen molar-refractivity contribution in [1.29, 1.82) is 0 Å². The molecule has 0 bridgehead atoms. The molecule has 1 atom stereocenters. The van der Waals surface area contributed by atoms with Gasteiger partial charge in [-0.15, -0.1) is 0 Å². The van der Waals surface area contributed by atoms with Gasteiger partial charge < -0.3 is 15.0 Å². The molecule has 0 aliphatic rings. The first-order valence-electron chi connectivity index (χ1n) is 11.8. The highest BCUT2D eigenvalue weighted by Crippen LogP contribution is 2.28. The van der Waals surface area contributed by atoms with Crippen LogP contribution in [0.25, 0.3) is 0 Å². The molecule has 0 unspecified atom stereocenters. The lowest BCUT2D eigenvalue weighted by molar-refractivity contribution is -0.140. The molecule has 36 heavy (non-hydrogen) atoms. The van der Waals surface area contributed by atoms with Crippen LogP contribution in [0.4, 0.5) is 5.69 Å². The fourth-order valence-electron chi connectivity index (χ4n) is 3.76. The molecule has 2 aromatic carbocycles. The number of nitrogens with one attached hydrogen (secondary N) is 1.